The van der Waals surface area contributed by atoms with E-state index < -0.39 is 6.04 Å². The molecule has 1 fully saturated rings. The van der Waals surface area contributed by atoms with Crippen LogP contribution >= 0.6 is 0 Å². The van der Waals surface area contributed by atoms with Gasteiger partial charge in [0.1, 0.15) is 17.7 Å². The van der Waals surface area contributed by atoms with Crippen LogP contribution in [0.1, 0.15) is 30.3 Å². The second-order valence-corrected chi connectivity index (χ2v) is 5.87. The Kier molecular flexibility index (Phi) is 5.10. The molecule has 6 nitrogen and oxygen atoms in total. The summed E-state index contributed by atoms with van der Waals surface area (Å²) in [6.45, 7) is 1.20. The zero-order valence-electron chi connectivity index (χ0n) is 13.5. The predicted octanol–water partition coefficient (Wildman–Crippen LogP) is 2.13. The van der Waals surface area contributed by atoms with Gasteiger partial charge in [0.15, 0.2) is 0 Å². The molecule has 1 aliphatic heterocycles. The van der Waals surface area contributed by atoms with Gasteiger partial charge in [0, 0.05) is 32.6 Å². The number of urea groups is 1. The second kappa shape index (κ2) is 7.44. The maximum absolute atomic E-state index is 13.6. The van der Waals surface area contributed by atoms with Crippen molar-refractivity contribution in [3.8, 4) is 0 Å². The third kappa shape index (κ3) is 3.91. The summed E-state index contributed by atoms with van der Waals surface area (Å²) in [5.41, 5.74) is 0.636. The number of carbonyl (C=O) groups is 1. The largest absolute Gasteiger partial charge is 0.376 e. The molecule has 24 heavy (non-hydrogen) atoms. The van der Waals surface area contributed by atoms with Crippen LogP contribution in [-0.4, -0.2) is 34.8 Å². The summed E-state index contributed by atoms with van der Waals surface area (Å²) in [5.74, 6) is 0.279. The molecule has 1 aromatic carbocycles. The van der Waals surface area contributed by atoms with Crippen LogP contribution in [0.25, 0.3) is 0 Å². The number of amides is 2. The van der Waals surface area contributed by atoms with Crippen LogP contribution in [0.2, 0.25) is 0 Å². The first kappa shape index (κ1) is 16.4. The van der Waals surface area contributed by atoms with E-state index in [0.29, 0.717) is 17.9 Å². The summed E-state index contributed by atoms with van der Waals surface area (Å²) in [6, 6.07) is 5.29. The van der Waals surface area contributed by atoms with Crippen LogP contribution < -0.4 is 10.6 Å². The van der Waals surface area contributed by atoms with E-state index in [0.717, 1.165) is 19.4 Å². The molecule has 1 aromatic heterocycles. The topological polar surface area (TPSA) is 68.2 Å². The van der Waals surface area contributed by atoms with Gasteiger partial charge in [-0.3, -0.25) is 0 Å². The number of nitrogens with zero attached hydrogens (tertiary/aromatic N) is 2. The van der Waals surface area contributed by atoms with Crippen molar-refractivity contribution in [2.75, 3.05) is 13.2 Å². The molecule has 0 saturated carbocycles. The summed E-state index contributed by atoms with van der Waals surface area (Å²) < 4.78 is 20.9. The lowest BCUT2D eigenvalue weighted by molar-refractivity contribution is 0.111. The fourth-order valence-electron chi connectivity index (χ4n) is 2.83. The first-order valence-electron chi connectivity index (χ1n) is 8.02. The number of ether oxygens (including phenoxy) is 1. The number of nitrogens with one attached hydrogen (secondary N) is 2. The van der Waals surface area contributed by atoms with Gasteiger partial charge in [-0.2, -0.15) is 0 Å². The van der Waals surface area contributed by atoms with E-state index in [1.807, 2.05) is 7.05 Å². The fourth-order valence-corrected chi connectivity index (χ4v) is 2.83. The lowest BCUT2D eigenvalue weighted by atomic mass is 10.1. The Hall–Kier alpha value is -2.41. The minimum atomic E-state index is -0.537. The number of benzene rings is 1. The molecule has 0 radical (unpaired) electrons. The van der Waals surface area contributed by atoms with E-state index in [4.69, 9.17) is 4.74 Å². The number of aromatic nitrogens is 2. The molecule has 2 N–H and O–H groups in total. The van der Waals surface area contributed by atoms with Gasteiger partial charge in [-0.05, 0) is 30.5 Å². The molecule has 0 aliphatic carbocycles. The molecule has 2 amide bonds. The van der Waals surface area contributed by atoms with Crippen molar-refractivity contribution in [1.82, 2.24) is 20.2 Å². The monoisotopic (exact) mass is 332 g/mol. The number of aryl methyl sites for hydroxylation is 1. The highest BCUT2D eigenvalue weighted by Gasteiger charge is 2.22. The number of rotatable bonds is 5. The van der Waals surface area contributed by atoms with E-state index >= 15 is 0 Å². The molecule has 2 atom stereocenters. The molecule has 0 bridgehead atoms. The van der Waals surface area contributed by atoms with E-state index in [-0.39, 0.29) is 18.0 Å². The number of hydrogen-bond donors (Lipinski definition) is 2. The highest BCUT2D eigenvalue weighted by Crippen LogP contribution is 2.21. The van der Waals surface area contributed by atoms with Crippen LogP contribution in [0.4, 0.5) is 9.18 Å². The molecule has 3 rings (SSSR count). The molecule has 128 valence electrons. The zero-order chi connectivity index (χ0) is 16.9. The molecular formula is C17H21FN4O2. The van der Waals surface area contributed by atoms with Crippen LogP contribution in [0.5, 0.6) is 0 Å². The predicted molar refractivity (Wildman–Crippen MR) is 87.0 cm³/mol. The normalized spacial score (nSPS) is 18.3. The minimum absolute atomic E-state index is 0.0662. The molecule has 1 aliphatic rings. The molecular weight excluding hydrogens is 311 g/mol. The molecule has 7 heteroatoms. The molecule has 2 aromatic rings. The van der Waals surface area contributed by atoms with E-state index in [2.05, 4.69) is 15.6 Å². The van der Waals surface area contributed by atoms with Crippen LogP contribution in [-0.2, 0) is 11.8 Å². The van der Waals surface area contributed by atoms with Crippen molar-refractivity contribution in [3.05, 3.63) is 53.9 Å². The number of imidazole rings is 1. The van der Waals surface area contributed by atoms with E-state index in [1.54, 1.807) is 29.1 Å². The van der Waals surface area contributed by atoms with Crippen molar-refractivity contribution in [2.45, 2.75) is 25.0 Å². The third-order valence-corrected chi connectivity index (χ3v) is 4.09. The Morgan fingerprint density at radius 2 is 2.42 bits per heavy atom. The van der Waals surface area contributed by atoms with Crippen molar-refractivity contribution in [2.24, 2.45) is 7.05 Å². The summed E-state index contributed by atoms with van der Waals surface area (Å²) in [7, 11) is 1.83. The fraction of sp³-hybridized carbons (Fsp3) is 0.412. The summed E-state index contributed by atoms with van der Waals surface area (Å²) >= 11 is 0. The lowest BCUT2D eigenvalue weighted by Crippen LogP contribution is -2.42. The van der Waals surface area contributed by atoms with Crippen LogP contribution in [0.15, 0.2) is 36.7 Å². The molecule has 1 saturated heterocycles. The van der Waals surface area contributed by atoms with Gasteiger partial charge < -0.3 is 19.9 Å². The minimum Gasteiger partial charge on any atom is -0.376 e. The van der Waals surface area contributed by atoms with Gasteiger partial charge in [-0.1, -0.05) is 12.1 Å². The summed E-state index contributed by atoms with van der Waals surface area (Å²) in [6.07, 6.45) is 5.47. The van der Waals surface area contributed by atoms with Crippen molar-refractivity contribution in [1.29, 1.82) is 0 Å². The Morgan fingerprint density at radius 1 is 1.54 bits per heavy atom. The van der Waals surface area contributed by atoms with Crippen molar-refractivity contribution < 1.29 is 13.9 Å². The molecule has 2 heterocycles. The Morgan fingerprint density at radius 3 is 3.08 bits per heavy atom. The van der Waals surface area contributed by atoms with Gasteiger partial charge in [-0.25, -0.2) is 14.2 Å². The van der Waals surface area contributed by atoms with Gasteiger partial charge in [0.2, 0.25) is 0 Å². The summed E-state index contributed by atoms with van der Waals surface area (Å²) in [5, 5.41) is 5.69. The Balaban J connectivity index is 1.72. The smallest absolute Gasteiger partial charge is 0.315 e. The maximum atomic E-state index is 13.6. The SMILES string of the molecule is Cn1ccnc1[C@H](NC(=O)NC[C@@H]1CCCO1)c1cccc(F)c1. The second-order valence-electron chi connectivity index (χ2n) is 5.87. The Bertz CT molecular complexity index is 697. The van der Waals surface area contributed by atoms with Gasteiger partial charge >= 0.3 is 6.03 Å². The molecule has 0 spiro atoms. The third-order valence-electron chi connectivity index (χ3n) is 4.09. The zero-order valence-corrected chi connectivity index (χ0v) is 13.5. The van der Waals surface area contributed by atoms with E-state index in [1.165, 1.54) is 12.1 Å². The number of carbonyl (C=O) groups excluding carboxylic acids is 1. The van der Waals surface area contributed by atoms with Gasteiger partial charge in [-0.15, -0.1) is 0 Å². The van der Waals surface area contributed by atoms with Crippen LogP contribution in [0, 0.1) is 5.82 Å². The number of halogens is 1. The van der Waals surface area contributed by atoms with Gasteiger partial charge in [0.05, 0.1) is 6.10 Å². The number of hydrogen-bond acceptors (Lipinski definition) is 3. The summed E-state index contributed by atoms with van der Waals surface area (Å²) in [4.78, 5) is 16.6. The first-order valence-corrected chi connectivity index (χ1v) is 8.02. The van der Waals surface area contributed by atoms with Crippen LogP contribution in [0.3, 0.4) is 0 Å². The first-order chi connectivity index (χ1) is 11.6. The average Bonchev–Trinajstić information content (AvgIpc) is 3.22. The maximum Gasteiger partial charge on any atom is 0.315 e. The lowest BCUT2D eigenvalue weighted by Gasteiger charge is -2.20. The molecule has 0 unspecified atom stereocenters. The highest BCUT2D eigenvalue weighted by molar-refractivity contribution is 5.74. The Labute approximate surface area is 140 Å². The van der Waals surface area contributed by atoms with Crippen molar-refractivity contribution >= 4 is 6.03 Å². The highest BCUT2D eigenvalue weighted by atomic mass is 19.1. The quantitative estimate of drug-likeness (QED) is 0.881. The standard InChI is InChI=1S/C17H21FN4O2/c1-22-8-7-19-16(22)15(12-4-2-5-13(18)10-12)21-17(23)20-11-14-6-3-9-24-14/h2,4-5,7-8,10,14-15H,3,6,9,11H2,1H3,(H2,20,21,23)/t14-,15+/m0/s1. The average molecular weight is 332 g/mol. The van der Waals surface area contributed by atoms with Gasteiger partial charge in [0.25, 0.3) is 0 Å². The van der Waals surface area contributed by atoms with E-state index in [9.17, 15) is 9.18 Å². The van der Waals surface area contributed by atoms with Crippen molar-refractivity contribution in [3.63, 3.8) is 0 Å².